The van der Waals surface area contributed by atoms with E-state index in [0.29, 0.717) is 17.8 Å². The molecule has 2 heterocycles. The fourth-order valence-corrected chi connectivity index (χ4v) is 7.77. The number of nitrogens with zero attached hydrogens (tertiary/aromatic N) is 2. The number of likely N-dealkylation sites (tertiary alicyclic amines) is 1. The van der Waals surface area contributed by atoms with E-state index in [1.54, 1.807) is 0 Å². The van der Waals surface area contributed by atoms with Gasteiger partial charge in [-0.15, -0.1) is 0 Å². The van der Waals surface area contributed by atoms with Gasteiger partial charge in [0, 0.05) is 29.9 Å². The van der Waals surface area contributed by atoms with Gasteiger partial charge in [0.2, 0.25) is 0 Å². The molecule has 2 aliphatic heterocycles. The molecule has 43 heavy (non-hydrogen) atoms. The van der Waals surface area contributed by atoms with Crippen molar-refractivity contribution in [3.63, 3.8) is 0 Å². The third-order valence-electron chi connectivity index (χ3n) is 10.3. The maximum Gasteiger partial charge on any atom is 0.251 e. The van der Waals surface area contributed by atoms with Gasteiger partial charge in [-0.1, -0.05) is 66.2 Å². The van der Waals surface area contributed by atoms with E-state index in [0.717, 1.165) is 75.1 Å². The maximum atomic E-state index is 13.5. The molecular formula is C39H43N3O. The Hall–Kier alpha value is -3.76. The van der Waals surface area contributed by atoms with Crippen molar-refractivity contribution in [3.05, 3.63) is 118 Å². The topological polar surface area (TPSA) is 44.7 Å². The Bertz CT molecular complexity index is 1550. The fraction of sp³-hybridized carbons (Fsp3) is 0.385. The second-order valence-corrected chi connectivity index (χ2v) is 13.0. The Morgan fingerprint density at radius 3 is 2.47 bits per heavy atom. The number of para-hydroxylation sites is 1. The normalized spacial score (nSPS) is 22.5. The van der Waals surface area contributed by atoms with Gasteiger partial charge >= 0.3 is 0 Å². The van der Waals surface area contributed by atoms with E-state index in [4.69, 9.17) is 0 Å². The number of rotatable bonds is 6. The molecule has 2 fully saturated rings. The van der Waals surface area contributed by atoms with Gasteiger partial charge in [0.05, 0.1) is 5.69 Å². The Morgan fingerprint density at radius 1 is 0.884 bits per heavy atom. The molecule has 0 radical (unpaired) electrons. The summed E-state index contributed by atoms with van der Waals surface area (Å²) in [5.74, 6) is 1.80. The zero-order chi connectivity index (χ0) is 29.2. The van der Waals surface area contributed by atoms with Crippen LogP contribution in [0.4, 0.5) is 11.4 Å². The standard InChI is InChI=1S/C39H43N3O/c1-27-9-13-29(14-10-27)30-15-16-31-5-4-7-36(34(31)20-17-30)39(43)41-33-18-11-28(12-19-33)26-42-23-21-32(22-24-42)37-25-40-38-8-3-2-6-35(37)38/h2-3,5-6,8-14,18-19,25,30,32,37H,4,7,15-17,20-24,26H2,1H3,(H,41,43). The molecule has 1 amide bonds. The van der Waals surface area contributed by atoms with Crippen molar-refractivity contribution in [2.45, 2.75) is 76.7 Å². The van der Waals surface area contributed by atoms with E-state index < -0.39 is 0 Å². The smallest absolute Gasteiger partial charge is 0.251 e. The van der Waals surface area contributed by atoms with E-state index in [-0.39, 0.29) is 5.91 Å². The van der Waals surface area contributed by atoms with Gasteiger partial charge in [0.25, 0.3) is 5.91 Å². The van der Waals surface area contributed by atoms with Crippen molar-refractivity contribution in [3.8, 4) is 0 Å². The number of piperidine rings is 1. The van der Waals surface area contributed by atoms with E-state index in [9.17, 15) is 4.79 Å². The first-order valence-electron chi connectivity index (χ1n) is 16.3. The highest BCUT2D eigenvalue weighted by molar-refractivity contribution is 6.05. The molecule has 3 aromatic carbocycles. The highest BCUT2D eigenvalue weighted by Crippen LogP contribution is 2.42. The summed E-state index contributed by atoms with van der Waals surface area (Å²) >= 11 is 0. The van der Waals surface area contributed by atoms with Crippen LogP contribution in [0.15, 0.2) is 101 Å². The van der Waals surface area contributed by atoms with Gasteiger partial charge in [-0.2, -0.15) is 0 Å². The lowest BCUT2D eigenvalue weighted by Gasteiger charge is -2.34. The van der Waals surface area contributed by atoms with Crippen LogP contribution in [-0.2, 0) is 11.3 Å². The molecule has 0 bridgehead atoms. The Kier molecular flexibility index (Phi) is 8.12. The summed E-state index contributed by atoms with van der Waals surface area (Å²) in [6.45, 7) is 5.34. The average molecular weight is 570 g/mol. The first-order valence-corrected chi connectivity index (χ1v) is 16.3. The van der Waals surface area contributed by atoms with Crippen LogP contribution in [0.1, 0.15) is 85.5 Å². The minimum atomic E-state index is 0.0845. The number of benzene rings is 3. The molecule has 220 valence electrons. The Labute approximate surface area is 256 Å². The van der Waals surface area contributed by atoms with Crippen molar-refractivity contribution in [2.75, 3.05) is 18.4 Å². The quantitative estimate of drug-likeness (QED) is 0.322. The minimum absolute atomic E-state index is 0.0845. The fourth-order valence-electron chi connectivity index (χ4n) is 7.77. The first-order chi connectivity index (χ1) is 21.1. The number of allylic oxidation sites excluding steroid dienone is 3. The minimum Gasteiger partial charge on any atom is -0.322 e. The van der Waals surface area contributed by atoms with Crippen molar-refractivity contribution in [2.24, 2.45) is 10.9 Å². The van der Waals surface area contributed by atoms with E-state index in [2.05, 4.69) is 107 Å². The molecule has 4 heteroatoms. The molecule has 4 nitrogen and oxygen atoms in total. The van der Waals surface area contributed by atoms with Gasteiger partial charge in [-0.05, 0) is 129 Å². The third-order valence-corrected chi connectivity index (χ3v) is 10.3. The number of anilines is 1. The number of hydrogen-bond acceptors (Lipinski definition) is 3. The lowest BCUT2D eigenvalue weighted by molar-refractivity contribution is -0.113. The summed E-state index contributed by atoms with van der Waals surface area (Å²) in [7, 11) is 0. The molecule has 4 aliphatic rings. The van der Waals surface area contributed by atoms with E-state index >= 15 is 0 Å². The van der Waals surface area contributed by atoms with Crippen molar-refractivity contribution in [1.29, 1.82) is 0 Å². The Balaban J connectivity index is 0.940. The van der Waals surface area contributed by atoms with E-state index in [1.807, 2.05) is 0 Å². The number of aliphatic imine (C=N–C) groups is 1. The van der Waals surface area contributed by atoms with Crippen LogP contribution in [0.25, 0.3) is 0 Å². The highest BCUT2D eigenvalue weighted by Gasteiger charge is 2.30. The van der Waals surface area contributed by atoms with Crippen LogP contribution in [0, 0.1) is 12.8 Å². The zero-order valence-electron chi connectivity index (χ0n) is 25.4. The van der Waals surface area contributed by atoms with Crippen molar-refractivity contribution >= 4 is 23.5 Å². The van der Waals surface area contributed by atoms with Gasteiger partial charge < -0.3 is 5.32 Å². The van der Waals surface area contributed by atoms with Crippen molar-refractivity contribution in [1.82, 2.24) is 4.90 Å². The number of aryl methyl sites for hydroxylation is 1. The first kappa shape index (κ1) is 28.0. The molecule has 1 N–H and O–H groups in total. The van der Waals surface area contributed by atoms with Gasteiger partial charge in [0.1, 0.15) is 0 Å². The second-order valence-electron chi connectivity index (χ2n) is 13.0. The maximum absolute atomic E-state index is 13.5. The molecule has 2 unspecified atom stereocenters. The van der Waals surface area contributed by atoms with Crippen LogP contribution >= 0.6 is 0 Å². The number of carbonyl (C=O) groups excluding carboxylic acids is 1. The highest BCUT2D eigenvalue weighted by atomic mass is 16.1. The summed E-state index contributed by atoms with van der Waals surface area (Å²) < 4.78 is 0. The van der Waals surface area contributed by atoms with Gasteiger partial charge in [0.15, 0.2) is 0 Å². The lowest BCUT2D eigenvalue weighted by Crippen LogP contribution is -2.35. The molecule has 7 rings (SSSR count). The molecule has 3 aromatic rings. The molecule has 0 spiro atoms. The number of nitrogens with one attached hydrogen (secondary N) is 1. The molecule has 2 atom stereocenters. The Morgan fingerprint density at radius 2 is 1.65 bits per heavy atom. The predicted molar refractivity (Wildman–Crippen MR) is 177 cm³/mol. The number of carbonyl (C=O) groups is 1. The van der Waals surface area contributed by atoms with Crippen LogP contribution < -0.4 is 5.32 Å². The SMILES string of the molecule is Cc1ccc(C2CCC3=CCCC(C(=O)Nc4ccc(CN5CCC(C6C=Nc7ccccc76)CC5)cc4)=C3CC2)cc1. The lowest BCUT2D eigenvalue weighted by atomic mass is 9.81. The second kappa shape index (κ2) is 12.5. The van der Waals surface area contributed by atoms with Gasteiger partial charge in [-0.25, -0.2) is 0 Å². The van der Waals surface area contributed by atoms with Crippen LogP contribution in [-0.4, -0.2) is 30.1 Å². The monoisotopic (exact) mass is 569 g/mol. The largest absolute Gasteiger partial charge is 0.322 e. The van der Waals surface area contributed by atoms with Crippen molar-refractivity contribution < 1.29 is 4.79 Å². The summed E-state index contributed by atoms with van der Waals surface area (Å²) in [6.07, 6.45) is 13.1. The number of fused-ring (bicyclic) bond motifs is 2. The molecule has 1 saturated heterocycles. The van der Waals surface area contributed by atoms with Crippen LogP contribution in [0.5, 0.6) is 0 Å². The summed E-state index contributed by atoms with van der Waals surface area (Å²) in [5.41, 5.74) is 11.2. The average Bonchev–Trinajstić information content (AvgIpc) is 3.35. The summed E-state index contributed by atoms with van der Waals surface area (Å²) in [6, 6.07) is 26.2. The summed E-state index contributed by atoms with van der Waals surface area (Å²) in [5, 5.41) is 3.24. The van der Waals surface area contributed by atoms with Crippen LogP contribution in [0.3, 0.4) is 0 Å². The number of hydrogen-bond donors (Lipinski definition) is 1. The molecule has 2 aliphatic carbocycles. The van der Waals surface area contributed by atoms with Gasteiger partial charge in [-0.3, -0.25) is 14.7 Å². The molecule has 1 saturated carbocycles. The predicted octanol–water partition coefficient (Wildman–Crippen LogP) is 9.02. The third kappa shape index (κ3) is 6.17. The number of amides is 1. The van der Waals surface area contributed by atoms with E-state index in [1.165, 1.54) is 46.2 Å². The van der Waals surface area contributed by atoms with Crippen LogP contribution in [0.2, 0.25) is 0 Å². The zero-order valence-corrected chi connectivity index (χ0v) is 25.4. The molecular weight excluding hydrogens is 526 g/mol. The molecule has 0 aromatic heterocycles. The summed E-state index contributed by atoms with van der Waals surface area (Å²) in [4.78, 5) is 20.8.